The maximum atomic E-state index is 6.24. The van der Waals surface area contributed by atoms with Gasteiger partial charge in [0.2, 0.25) is 0 Å². The molecular weight excluding hydrogens is 297 g/mol. The van der Waals surface area contributed by atoms with E-state index >= 15 is 0 Å². The first kappa shape index (κ1) is 15.0. The summed E-state index contributed by atoms with van der Waals surface area (Å²) < 4.78 is 5.09. The lowest BCUT2D eigenvalue weighted by molar-refractivity contribution is 0.178. The van der Waals surface area contributed by atoms with Gasteiger partial charge in [-0.05, 0) is 13.0 Å². The average Bonchev–Trinajstić information content (AvgIpc) is 2.42. The Morgan fingerprint density at radius 3 is 2.75 bits per heavy atom. The fourth-order valence-electron chi connectivity index (χ4n) is 1.80. The first-order valence-electron chi connectivity index (χ1n) is 6.20. The van der Waals surface area contributed by atoms with Gasteiger partial charge in [-0.3, -0.25) is 0 Å². The van der Waals surface area contributed by atoms with Crippen molar-refractivity contribution < 1.29 is 4.74 Å². The Hall–Kier alpha value is -1.36. The summed E-state index contributed by atoms with van der Waals surface area (Å²) in [7, 11) is 1.61. The summed E-state index contributed by atoms with van der Waals surface area (Å²) in [6.45, 7) is 3.11. The third kappa shape index (κ3) is 3.39. The molecule has 0 unspecified atom stereocenters. The molecule has 20 heavy (non-hydrogen) atoms. The van der Waals surface area contributed by atoms with E-state index in [1.54, 1.807) is 13.2 Å². The predicted molar refractivity (Wildman–Crippen MR) is 82.4 cm³/mol. The molecule has 0 spiro atoms. The molecule has 0 radical (unpaired) electrons. The van der Waals surface area contributed by atoms with Gasteiger partial charge in [0.05, 0.1) is 15.7 Å². The Balaban J connectivity index is 2.51. The van der Waals surface area contributed by atoms with Crippen molar-refractivity contribution in [3.8, 4) is 11.3 Å². The molecule has 0 bridgehead atoms. The molecule has 0 saturated carbocycles. The highest BCUT2D eigenvalue weighted by molar-refractivity contribution is 6.43. The van der Waals surface area contributed by atoms with Gasteiger partial charge in [0.25, 0.3) is 0 Å². The first-order valence-corrected chi connectivity index (χ1v) is 6.96. The van der Waals surface area contributed by atoms with Crippen LogP contribution in [0.4, 0.5) is 5.82 Å². The molecule has 106 valence electrons. The van der Waals surface area contributed by atoms with E-state index < -0.39 is 0 Å². The van der Waals surface area contributed by atoms with Gasteiger partial charge in [0.1, 0.15) is 12.4 Å². The first-order chi connectivity index (χ1) is 9.65. The van der Waals surface area contributed by atoms with Crippen LogP contribution in [0.2, 0.25) is 10.0 Å². The van der Waals surface area contributed by atoms with Gasteiger partial charge in [-0.15, -0.1) is 0 Å². The molecule has 4 nitrogen and oxygen atoms in total. The van der Waals surface area contributed by atoms with Gasteiger partial charge in [-0.2, -0.15) is 0 Å². The average molecular weight is 312 g/mol. The van der Waals surface area contributed by atoms with Crippen LogP contribution in [0.25, 0.3) is 11.3 Å². The molecular formula is C14H15Cl2N3O. The molecule has 0 fully saturated rings. The zero-order valence-corrected chi connectivity index (χ0v) is 12.8. The quantitative estimate of drug-likeness (QED) is 0.905. The van der Waals surface area contributed by atoms with E-state index in [1.165, 1.54) is 0 Å². The molecule has 1 N–H and O–H groups in total. The molecule has 1 aromatic carbocycles. The number of aromatic nitrogens is 2. The highest BCUT2D eigenvalue weighted by atomic mass is 35.5. The summed E-state index contributed by atoms with van der Waals surface area (Å²) in [5.74, 6) is 1.33. The van der Waals surface area contributed by atoms with Gasteiger partial charge in [-0.1, -0.05) is 35.3 Å². The molecule has 2 rings (SSSR count). The van der Waals surface area contributed by atoms with E-state index in [9.17, 15) is 0 Å². The van der Waals surface area contributed by atoms with E-state index in [0.29, 0.717) is 22.5 Å². The molecule has 0 aliphatic heterocycles. The van der Waals surface area contributed by atoms with Crippen molar-refractivity contribution in [3.63, 3.8) is 0 Å². The van der Waals surface area contributed by atoms with Crippen LogP contribution in [0, 0.1) is 0 Å². The summed E-state index contributed by atoms with van der Waals surface area (Å²) >= 11 is 12.3. The largest absolute Gasteiger partial charge is 0.377 e. The van der Waals surface area contributed by atoms with Crippen molar-refractivity contribution in [2.75, 3.05) is 19.0 Å². The van der Waals surface area contributed by atoms with Crippen LogP contribution < -0.4 is 5.32 Å². The number of hydrogen-bond donors (Lipinski definition) is 1. The van der Waals surface area contributed by atoms with E-state index in [2.05, 4.69) is 15.3 Å². The fourth-order valence-corrected chi connectivity index (χ4v) is 2.20. The molecule has 0 atom stereocenters. The minimum Gasteiger partial charge on any atom is -0.377 e. The van der Waals surface area contributed by atoms with Crippen molar-refractivity contribution in [1.82, 2.24) is 9.97 Å². The van der Waals surface area contributed by atoms with E-state index in [0.717, 1.165) is 23.6 Å². The molecule has 6 heteroatoms. The van der Waals surface area contributed by atoms with E-state index in [-0.39, 0.29) is 0 Å². The Kier molecular flexibility index (Phi) is 5.17. The standard InChI is InChI=1S/C14H15Cl2N3O/c1-3-17-12-7-11(18-13(19-12)8-20-2)9-5-4-6-10(15)14(9)16/h4-7H,3,8H2,1-2H3,(H,17,18,19). The maximum absolute atomic E-state index is 6.24. The third-order valence-corrected chi connectivity index (χ3v) is 3.45. The highest BCUT2D eigenvalue weighted by Gasteiger charge is 2.11. The molecule has 1 heterocycles. The van der Waals surface area contributed by atoms with Crippen LogP contribution >= 0.6 is 23.2 Å². The summed E-state index contributed by atoms with van der Waals surface area (Å²) in [5, 5.41) is 4.15. The second-order valence-corrected chi connectivity index (χ2v) is 4.90. The minimum atomic E-state index is 0.338. The number of nitrogens with one attached hydrogen (secondary N) is 1. The number of ether oxygens (including phenoxy) is 1. The van der Waals surface area contributed by atoms with Gasteiger partial charge in [0, 0.05) is 25.3 Å². The zero-order chi connectivity index (χ0) is 14.5. The molecule has 0 aliphatic rings. The molecule has 0 saturated heterocycles. The second kappa shape index (κ2) is 6.88. The van der Waals surface area contributed by atoms with Gasteiger partial charge in [0.15, 0.2) is 5.82 Å². The summed E-state index contributed by atoms with van der Waals surface area (Å²) in [6.07, 6.45) is 0. The number of halogens is 2. The Morgan fingerprint density at radius 2 is 2.05 bits per heavy atom. The van der Waals surface area contributed by atoms with Gasteiger partial charge >= 0.3 is 0 Å². The van der Waals surface area contributed by atoms with Crippen molar-refractivity contribution in [2.45, 2.75) is 13.5 Å². The van der Waals surface area contributed by atoms with Crippen LogP contribution in [-0.2, 0) is 11.3 Å². The van der Waals surface area contributed by atoms with Crippen LogP contribution in [0.15, 0.2) is 24.3 Å². The zero-order valence-electron chi connectivity index (χ0n) is 11.3. The van der Waals surface area contributed by atoms with Gasteiger partial charge < -0.3 is 10.1 Å². The normalized spacial score (nSPS) is 10.6. The van der Waals surface area contributed by atoms with E-state index in [4.69, 9.17) is 27.9 Å². The number of hydrogen-bond acceptors (Lipinski definition) is 4. The lowest BCUT2D eigenvalue weighted by atomic mass is 10.1. The summed E-state index contributed by atoms with van der Waals surface area (Å²) in [5.41, 5.74) is 1.49. The van der Waals surface area contributed by atoms with Crippen molar-refractivity contribution in [1.29, 1.82) is 0 Å². The number of nitrogens with zero attached hydrogens (tertiary/aromatic N) is 2. The Bertz CT molecular complexity index is 581. The third-order valence-electron chi connectivity index (χ3n) is 2.63. The van der Waals surface area contributed by atoms with Crippen LogP contribution in [0.5, 0.6) is 0 Å². The number of benzene rings is 1. The SMILES string of the molecule is CCNc1cc(-c2cccc(Cl)c2Cl)nc(COC)n1. The number of anilines is 1. The topological polar surface area (TPSA) is 47.0 Å². The molecule has 0 amide bonds. The second-order valence-electron chi connectivity index (χ2n) is 4.12. The van der Waals surface area contributed by atoms with Gasteiger partial charge in [-0.25, -0.2) is 9.97 Å². The fraction of sp³-hybridized carbons (Fsp3) is 0.286. The predicted octanol–water partition coefficient (Wildman–Crippen LogP) is 4.03. The monoisotopic (exact) mass is 311 g/mol. The van der Waals surface area contributed by atoms with Crippen molar-refractivity contribution in [3.05, 3.63) is 40.1 Å². The van der Waals surface area contributed by atoms with Crippen LogP contribution in [0.3, 0.4) is 0 Å². The van der Waals surface area contributed by atoms with E-state index in [1.807, 2.05) is 25.1 Å². The minimum absolute atomic E-state index is 0.338. The lowest BCUT2D eigenvalue weighted by Crippen LogP contribution is -2.05. The highest BCUT2D eigenvalue weighted by Crippen LogP contribution is 2.33. The molecule has 1 aromatic heterocycles. The maximum Gasteiger partial charge on any atom is 0.157 e. The Morgan fingerprint density at radius 1 is 1.25 bits per heavy atom. The lowest BCUT2D eigenvalue weighted by Gasteiger charge is -2.10. The molecule has 2 aromatic rings. The summed E-state index contributed by atoms with van der Waals surface area (Å²) in [6, 6.07) is 7.31. The molecule has 0 aliphatic carbocycles. The number of methoxy groups -OCH3 is 1. The van der Waals surface area contributed by atoms with Crippen molar-refractivity contribution in [2.24, 2.45) is 0 Å². The van der Waals surface area contributed by atoms with Crippen LogP contribution in [0.1, 0.15) is 12.7 Å². The summed E-state index contributed by atoms with van der Waals surface area (Å²) in [4.78, 5) is 8.83. The smallest absolute Gasteiger partial charge is 0.157 e. The van der Waals surface area contributed by atoms with Crippen molar-refractivity contribution >= 4 is 29.0 Å². The number of rotatable bonds is 5. The van der Waals surface area contributed by atoms with Crippen LogP contribution in [-0.4, -0.2) is 23.6 Å². The Labute approximate surface area is 128 Å².